The average molecular weight is 444 g/mol. The molecule has 0 radical (unpaired) electrons. The Morgan fingerprint density at radius 3 is 2.38 bits per heavy atom. The quantitative estimate of drug-likeness (QED) is 0.508. The summed E-state index contributed by atoms with van der Waals surface area (Å²) in [5.74, 6) is 1.01. The summed E-state index contributed by atoms with van der Waals surface area (Å²) in [7, 11) is 1.65. The van der Waals surface area contributed by atoms with Gasteiger partial charge in [0.05, 0.1) is 35.0 Å². The van der Waals surface area contributed by atoms with Gasteiger partial charge in [-0.25, -0.2) is 4.99 Å². The number of carbonyl (C=O) groups is 1. The fraction of sp³-hybridized carbons (Fsp3) is 0.192. The van der Waals surface area contributed by atoms with Crippen molar-refractivity contribution in [3.05, 3.63) is 83.4 Å². The molecule has 0 spiro atoms. The minimum absolute atomic E-state index is 0.0486. The molecule has 1 aliphatic heterocycles. The third kappa shape index (κ3) is 5.08. The number of carbonyl (C=O) groups excluding carboxylic acids is 1. The molecule has 1 N–H and O–H groups in total. The monoisotopic (exact) mass is 443 g/mol. The van der Waals surface area contributed by atoms with Gasteiger partial charge < -0.3 is 10.1 Å². The maximum Gasteiger partial charge on any atom is 0.234 e. The molecule has 6 heteroatoms. The molecular formula is C26H25N3O2S. The fourth-order valence-corrected chi connectivity index (χ4v) is 4.32. The Balaban J connectivity index is 1.55. The predicted octanol–water partition coefficient (Wildman–Crippen LogP) is 6.24. The highest BCUT2D eigenvalue weighted by Crippen LogP contribution is 2.33. The van der Waals surface area contributed by atoms with Crippen molar-refractivity contribution in [2.45, 2.75) is 20.3 Å². The number of nitrogens with zero attached hydrogens (tertiary/aromatic N) is 2. The van der Waals surface area contributed by atoms with Crippen molar-refractivity contribution in [2.24, 2.45) is 9.98 Å². The van der Waals surface area contributed by atoms with Crippen LogP contribution in [0, 0.1) is 13.8 Å². The summed E-state index contributed by atoms with van der Waals surface area (Å²) in [5, 5.41) is 3.90. The van der Waals surface area contributed by atoms with Crippen molar-refractivity contribution in [3.8, 4) is 5.75 Å². The highest BCUT2D eigenvalue weighted by Gasteiger charge is 2.17. The zero-order chi connectivity index (χ0) is 22.5. The number of nitrogens with one attached hydrogen (secondary N) is 1. The van der Waals surface area contributed by atoms with E-state index in [9.17, 15) is 4.79 Å². The first-order chi connectivity index (χ1) is 15.5. The van der Waals surface area contributed by atoms with Crippen molar-refractivity contribution in [2.75, 3.05) is 18.2 Å². The molecule has 3 aromatic rings. The first-order valence-electron chi connectivity index (χ1n) is 10.4. The van der Waals surface area contributed by atoms with Crippen LogP contribution in [0.5, 0.6) is 5.75 Å². The number of rotatable bonds is 5. The molecule has 0 aromatic heterocycles. The van der Waals surface area contributed by atoms with E-state index in [0.29, 0.717) is 6.42 Å². The smallest absolute Gasteiger partial charge is 0.234 e. The highest BCUT2D eigenvalue weighted by molar-refractivity contribution is 8.14. The van der Waals surface area contributed by atoms with Gasteiger partial charge in [0.25, 0.3) is 0 Å². The first-order valence-corrected chi connectivity index (χ1v) is 11.4. The largest absolute Gasteiger partial charge is 0.497 e. The molecule has 5 nitrogen and oxygen atoms in total. The van der Waals surface area contributed by atoms with Gasteiger partial charge in [0, 0.05) is 17.7 Å². The van der Waals surface area contributed by atoms with E-state index in [2.05, 4.69) is 5.32 Å². The Bertz CT molecular complexity index is 1200. The average Bonchev–Trinajstić information content (AvgIpc) is 2.99. The van der Waals surface area contributed by atoms with Gasteiger partial charge in [-0.15, -0.1) is 11.8 Å². The van der Waals surface area contributed by atoms with E-state index in [-0.39, 0.29) is 11.7 Å². The molecule has 0 aliphatic carbocycles. The van der Waals surface area contributed by atoms with E-state index in [1.165, 1.54) is 11.8 Å². The van der Waals surface area contributed by atoms with E-state index in [1.54, 1.807) is 7.11 Å². The molecule has 162 valence electrons. The summed E-state index contributed by atoms with van der Waals surface area (Å²) in [6, 6.07) is 21.7. The number of anilines is 1. The lowest BCUT2D eigenvalue weighted by Gasteiger charge is -2.12. The second-order valence-electron chi connectivity index (χ2n) is 7.57. The molecular weight excluding hydrogens is 418 g/mol. The van der Waals surface area contributed by atoms with Crippen LogP contribution in [0.3, 0.4) is 0 Å². The fourth-order valence-electron chi connectivity index (χ4n) is 3.54. The van der Waals surface area contributed by atoms with Crippen molar-refractivity contribution < 1.29 is 9.53 Å². The SMILES string of the molecule is COc1cccc(C2=Nc3ccccc3N=C(SCC(=O)Nc3c(C)cccc3C)C2)c1. The Morgan fingerprint density at radius 1 is 0.969 bits per heavy atom. The number of hydrogen-bond donors (Lipinski definition) is 1. The number of benzene rings is 3. The van der Waals surface area contributed by atoms with Crippen LogP contribution in [0.15, 0.2) is 76.7 Å². The minimum Gasteiger partial charge on any atom is -0.497 e. The second-order valence-corrected chi connectivity index (χ2v) is 8.61. The topological polar surface area (TPSA) is 63.1 Å². The summed E-state index contributed by atoms with van der Waals surface area (Å²) in [5.41, 5.74) is 6.49. The lowest BCUT2D eigenvalue weighted by Crippen LogP contribution is -2.17. The molecule has 1 heterocycles. The molecule has 0 unspecified atom stereocenters. The van der Waals surface area contributed by atoms with Gasteiger partial charge in [-0.2, -0.15) is 0 Å². The number of ether oxygens (including phenoxy) is 1. The number of amides is 1. The maximum atomic E-state index is 12.7. The number of para-hydroxylation sites is 3. The second kappa shape index (κ2) is 9.83. The summed E-state index contributed by atoms with van der Waals surface area (Å²) < 4.78 is 5.38. The van der Waals surface area contributed by atoms with Crippen LogP contribution in [0.25, 0.3) is 0 Å². The Morgan fingerprint density at radius 2 is 1.66 bits per heavy atom. The molecule has 0 atom stereocenters. The normalized spacial score (nSPS) is 12.8. The van der Waals surface area contributed by atoms with E-state index in [1.807, 2.05) is 80.6 Å². The molecule has 3 aromatic carbocycles. The van der Waals surface area contributed by atoms with E-state index in [0.717, 1.165) is 50.3 Å². The van der Waals surface area contributed by atoms with Crippen molar-refractivity contribution >= 4 is 45.5 Å². The predicted molar refractivity (Wildman–Crippen MR) is 134 cm³/mol. The van der Waals surface area contributed by atoms with Crippen LogP contribution in [0.2, 0.25) is 0 Å². The van der Waals surface area contributed by atoms with E-state index in [4.69, 9.17) is 14.7 Å². The van der Waals surface area contributed by atoms with Gasteiger partial charge in [0.1, 0.15) is 5.75 Å². The summed E-state index contributed by atoms with van der Waals surface area (Å²) >= 11 is 1.45. The van der Waals surface area contributed by atoms with Crippen molar-refractivity contribution in [1.82, 2.24) is 0 Å². The number of methoxy groups -OCH3 is 1. The highest BCUT2D eigenvalue weighted by atomic mass is 32.2. The van der Waals surface area contributed by atoms with E-state index < -0.39 is 0 Å². The van der Waals surface area contributed by atoms with Gasteiger partial charge >= 0.3 is 0 Å². The molecule has 0 saturated carbocycles. The summed E-state index contributed by atoms with van der Waals surface area (Å²) in [6.07, 6.45) is 0.545. The third-order valence-corrected chi connectivity index (χ3v) is 6.19. The zero-order valence-corrected chi connectivity index (χ0v) is 19.2. The van der Waals surface area contributed by atoms with Crippen LogP contribution in [0.1, 0.15) is 23.1 Å². The molecule has 0 saturated heterocycles. The van der Waals surface area contributed by atoms with Gasteiger partial charge in [-0.3, -0.25) is 9.79 Å². The molecule has 1 amide bonds. The lowest BCUT2D eigenvalue weighted by atomic mass is 10.1. The maximum absolute atomic E-state index is 12.7. The lowest BCUT2D eigenvalue weighted by molar-refractivity contribution is -0.113. The molecule has 4 rings (SSSR count). The Labute approximate surface area is 192 Å². The van der Waals surface area contributed by atoms with Crippen molar-refractivity contribution in [1.29, 1.82) is 0 Å². The van der Waals surface area contributed by atoms with Gasteiger partial charge in [0.15, 0.2) is 0 Å². The standard InChI is InChI=1S/C26H25N3O2S/c1-17-8-6-9-18(2)26(17)29-24(30)16-32-25-15-23(19-10-7-11-20(14-19)31-3)27-21-12-4-5-13-22(21)28-25/h4-14H,15-16H2,1-3H3,(H,29,30). The molecule has 32 heavy (non-hydrogen) atoms. The van der Waals surface area contributed by atoms with Gasteiger partial charge in [0.2, 0.25) is 5.91 Å². The van der Waals surface area contributed by atoms with Crippen LogP contribution in [-0.2, 0) is 4.79 Å². The van der Waals surface area contributed by atoms with Gasteiger partial charge in [-0.1, -0.05) is 42.5 Å². The van der Waals surface area contributed by atoms with Crippen LogP contribution in [0.4, 0.5) is 17.1 Å². The Kier molecular flexibility index (Phi) is 6.71. The minimum atomic E-state index is -0.0486. The van der Waals surface area contributed by atoms with Crippen LogP contribution in [-0.4, -0.2) is 29.5 Å². The first kappa shape index (κ1) is 21.8. The molecule has 0 bridgehead atoms. The molecule has 0 fully saturated rings. The number of thioether (sulfide) groups is 1. The summed E-state index contributed by atoms with van der Waals surface area (Å²) in [6.45, 7) is 4.00. The number of aliphatic imine (C=N–C) groups is 2. The van der Waals surface area contributed by atoms with Gasteiger partial charge in [-0.05, 0) is 49.2 Å². The Hall–Kier alpha value is -3.38. The number of aryl methyl sites for hydroxylation is 2. The van der Waals surface area contributed by atoms with Crippen molar-refractivity contribution in [3.63, 3.8) is 0 Å². The zero-order valence-electron chi connectivity index (χ0n) is 18.4. The van der Waals surface area contributed by atoms with Crippen LogP contribution >= 0.6 is 11.8 Å². The van der Waals surface area contributed by atoms with E-state index >= 15 is 0 Å². The number of fused-ring (bicyclic) bond motifs is 1. The third-order valence-electron chi connectivity index (χ3n) is 5.22. The summed E-state index contributed by atoms with van der Waals surface area (Å²) in [4.78, 5) is 22.4. The van der Waals surface area contributed by atoms with Crippen LogP contribution < -0.4 is 10.1 Å². The molecule has 1 aliphatic rings. The number of hydrogen-bond acceptors (Lipinski definition) is 5.